The van der Waals surface area contributed by atoms with Gasteiger partial charge >= 0.3 is 0 Å². The number of hydrogen-bond acceptors (Lipinski definition) is 2. The van der Waals surface area contributed by atoms with Crippen molar-refractivity contribution in [2.75, 3.05) is 28.2 Å². The average Bonchev–Trinajstić information content (AvgIpc) is 2.57. The van der Waals surface area contributed by atoms with Crippen molar-refractivity contribution in [3.05, 3.63) is 59.7 Å². The van der Waals surface area contributed by atoms with Crippen LogP contribution in [0.25, 0.3) is 0 Å². The summed E-state index contributed by atoms with van der Waals surface area (Å²) in [4.78, 5) is 4.84. The SMILES string of the molecule is CN(C)[C@H](c1ccccc1[Si](C)(C)C)[C@@H](c1ccccc1[Si](C)(C)C)N(C)C. The largest absolute Gasteiger partial charge is 0.301 e. The van der Waals surface area contributed by atoms with Gasteiger partial charge in [-0.3, -0.25) is 0 Å². The lowest BCUT2D eigenvalue weighted by Crippen LogP contribution is -2.47. The fourth-order valence-electron chi connectivity index (χ4n) is 4.34. The second kappa shape index (κ2) is 8.66. The van der Waals surface area contributed by atoms with Crippen LogP contribution >= 0.6 is 0 Å². The van der Waals surface area contributed by atoms with E-state index in [4.69, 9.17) is 0 Å². The quantitative estimate of drug-likeness (QED) is 0.609. The molecule has 2 atom stereocenters. The van der Waals surface area contributed by atoms with Gasteiger partial charge in [-0.2, -0.15) is 0 Å². The summed E-state index contributed by atoms with van der Waals surface area (Å²) in [6.45, 7) is 14.7. The zero-order valence-corrected chi connectivity index (χ0v) is 21.7. The number of nitrogens with zero attached hydrogens (tertiary/aromatic N) is 2. The zero-order valence-electron chi connectivity index (χ0n) is 19.7. The third-order valence-electron chi connectivity index (χ3n) is 5.59. The minimum Gasteiger partial charge on any atom is -0.301 e. The first-order chi connectivity index (χ1) is 12.9. The number of benzene rings is 2. The Morgan fingerprint density at radius 2 is 0.821 bits per heavy atom. The minimum absolute atomic E-state index is 0.315. The molecule has 0 fully saturated rings. The van der Waals surface area contributed by atoms with Gasteiger partial charge in [0.25, 0.3) is 0 Å². The van der Waals surface area contributed by atoms with Crippen molar-refractivity contribution < 1.29 is 0 Å². The lowest BCUT2D eigenvalue weighted by Gasteiger charge is -2.41. The highest BCUT2D eigenvalue weighted by atomic mass is 28.3. The highest BCUT2D eigenvalue weighted by Gasteiger charge is 2.35. The van der Waals surface area contributed by atoms with Crippen LogP contribution < -0.4 is 10.4 Å². The molecule has 2 rings (SSSR count). The molecule has 0 saturated heterocycles. The Morgan fingerprint density at radius 1 is 0.536 bits per heavy atom. The minimum atomic E-state index is -1.45. The van der Waals surface area contributed by atoms with E-state index in [-0.39, 0.29) is 0 Å². The molecule has 0 aliphatic heterocycles. The molecule has 0 spiro atoms. The second-order valence-corrected chi connectivity index (χ2v) is 20.6. The Morgan fingerprint density at radius 3 is 1.07 bits per heavy atom. The van der Waals surface area contributed by atoms with Crippen molar-refractivity contribution in [2.45, 2.75) is 51.4 Å². The van der Waals surface area contributed by atoms with Crippen LogP contribution in [0.15, 0.2) is 48.5 Å². The number of hydrogen-bond donors (Lipinski definition) is 0. The van der Waals surface area contributed by atoms with Crippen molar-refractivity contribution in [1.29, 1.82) is 0 Å². The Bertz CT molecular complexity index is 718. The van der Waals surface area contributed by atoms with Crippen LogP contribution in [-0.4, -0.2) is 54.1 Å². The van der Waals surface area contributed by atoms with Crippen molar-refractivity contribution in [3.63, 3.8) is 0 Å². The van der Waals surface area contributed by atoms with Gasteiger partial charge in [-0.15, -0.1) is 0 Å². The molecular formula is C24H40N2Si2. The Hall–Kier alpha value is -1.21. The van der Waals surface area contributed by atoms with Crippen molar-refractivity contribution in [1.82, 2.24) is 9.80 Å². The molecule has 2 aromatic rings. The molecule has 0 N–H and O–H groups in total. The monoisotopic (exact) mass is 412 g/mol. The summed E-state index contributed by atoms with van der Waals surface area (Å²) in [5.74, 6) is 0. The van der Waals surface area contributed by atoms with E-state index in [1.165, 1.54) is 11.1 Å². The lowest BCUT2D eigenvalue weighted by atomic mass is 9.91. The van der Waals surface area contributed by atoms with E-state index >= 15 is 0 Å². The van der Waals surface area contributed by atoms with E-state index in [0.29, 0.717) is 12.1 Å². The van der Waals surface area contributed by atoms with Crippen LogP contribution in [0, 0.1) is 0 Å². The van der Waals surface area contributed by atoms with Gasteiger partial charge in [0, 0.05) is 0 Å². The van der Waals surface area contributed by atoms with E-state index in [1.54, 1.807) is 10.4 Å². The van der Waals surface area contributed by atoms with Crippen LogP contribution in [0.1, 0.15) is 23.2 Å². The predicted octanol–water partition coefficient (Wildman–Crippen LogP) is 4.68. The summed E-state index contributed by atoms with van der Waals surface area (Å²) in [5.41, 5.74) is 2.99. The van der Waals surface area contributed by atoms with Crippen LogP contribution in [0.4, 0.5) is 0 Å². The highest BCUT2D eigenvalue weighted by Crippen LogP contribution is 2.36. The first-order valence-corrected chi connectivity index (χ1v) is 17.4. The molecule has 0 unspecified atom stereocenters. The van der Waals surface area contributed by atoms with Gasteiger partial charge in [0.15, 0.2) is 0 Å². The Balaban J connectivity index is 2.75. The van der Waals surface area contributed by atoms with Gasteiger partial charge in [0.2, 0.25) is 0 Å². The van der Waals surface area contributed by atoms with Gasteiger partial charge in [0.1, 0.15) is 0 Å². The fraction of sp³-hybridized carbons (Fsp3) is 0.500. The summed E-state index contributed by atoms with van der Waals surface area (Å²) in [6.07, 6.45) is 0. The Labute approximate surface area is 175 Å². The average molecular weight is 413 g/mol. The van der Waals surface area contributed by atoms with Crippen molar-refractivity contribution in [3.8, 4) is 0 Å². The van der Waals surface area contributed by atoms with Gasteiger partial charge in [-0.25, -0.2) is 0 Å². The smallest absolute Gasteiger partial charge is 0.0780 e. The predicted molar refractivity (Wildman–Crippen MR) is 132 cm³/mol. The normalized spacial score (nSPS) is 15.1. The lowest BCUT2D eigenvalue weighted by molar-refractivity contribution is 0.153. The van der Waals surface area contributed by atoms with Crippen LogP contribution in [-0.2, 0) is 0 Å². The van der Waals surface area contributed by atoms with Crippen LogP contribution in [0.3, 0.4) is 0 Å². The summed E-state index contributed by atoms with van der Waals surface area (Å²) in [7, 11) is 6.03. The van der Waals surface area contributed by atoms with E-state index in [0.717, 1.165) is 0 Å². The fourth-order valence-corrected chi connectivity index (χ4v) is 7.72. The molecule has 0 amide bonds. The molecule has 0 heterocycles. The first-order valence-electron chi connectivity index (χ1n) is 10.4. The molecule has 0 radical (unpaired) electrons. The second-order valence-electron chi connectivity index (χ2n) is 10.5. The van der Waals surface area contributed by atoms with Crippen LogP contribution in [0.2, 0.25) is 39.3 Å². The molecule has 154 valence electrons. The molecule has 0 aliphatic carbocycles. The third-order valence-corrected chi connectivity index (χ3v) is 9.73. The maximum absolute atomic E-state index is 2.46. The number of rotatable bonds is 7. The maximum Gasteiger partial charge on any atom is 0.0780 e. The zero-order chi connectivity index (χ0) is 21.3. The summed E-state index contributed by atoms with van der Waals surface area (Å²) in [5, 5.41) is 3.15. The highest BCUT2D eigenvalue weighted by molar-refractivity contribution is 6.89. The number of likely N-dealkylation sites (N-methyl/N-ethyl adjacent to an activating group) is 2. The first kappa shape index (κ1) is 23.1. The molecule has 0 aliphatic rings. The van der Waals surface area contributed by atoms with Crippen LogP contribution in [0.5, 0.6) is 0 Å². The van der Waals surface area contributed by atoms with E-state index in [1.807, 2.05) is 0 Å². The molecular weight excluding hydrogens is 372 g/mol. The van der Waals surface area contributed by atoms with E-state index in [2.05, 4.69) is 126 Å². The molecule has 28 heavy (non-hydrogen) atoms. The van der Waals surface area contributed by atoms with Gasteiger partial charge in [-0.05, 0) is 39.3 Å². The van der Waals surface area contributed by atoms with Gasteiger partial charge < -0.3 is 9.80 Å². The molecule has 0 aromatic heterocycles. The standard InChI is InChI=1S/C24H40N2Si2/c1-25(2)23(19-15-11-13-17-21(19)27(5,6)7)24(26(3)4)20-16-12-14-18-22(20)28(8,9)10/h11-18,23-24H,1-10H3/t23-,24-/m1/s1. The summed E-state index contributed by atoms with van der Waals surface area (Å²) < 4.78 is 0. The molecule has 0 saturated carbocycles. The molecule has 2 aromatic carbocycles. The summed E-state index contributed by atoms with van der Waals surface area (Å²) in [6, 6.07) is 19.0. The topological polar surface area (TPSA) is 6.48 Å². The van der Waals surface area contributed by atoms with Crippen molar-refractivity contribution in [2.24, 2.45) is 0 Å². The van der Waals surface area contributed by atoms with Gasteiger partial charge in [-0.1, -0.05) is 98.2 Å². The van der Waals surface area contributed by atoms with E-state index < -0.39 is 16.1 Å². The maximum atomic E-state index is 2.46. The molecule has 4 heteroatoms. The molecule has 2 nitrogen and oxygen atoms in total. The van der Waals surface area contributed by atoms with Gasteiger partial charge in [0.05, 0.1) is 28.2 Å². The Kier molecular flexibility index (Phi) is 7.14. The molecule has 0 bridgehead atoms. The summed E-state index contributed by atoms with van der Waals surface area (Å²) >= 11 is 0. The third kappa shape index (κ3) is 5.04. The van der Waals surface area contributed by atoms with E-state index in [9.17, 15) is 0 Å². The van der Waals surface area contributed by atoms with Crippen molar-refractivity contribution >= 4 is 26.5 Å².